The molecule has 0 amide bonds. The van der Waals surface area contributed by atoms with Gasteiger partial charge in [0, 0.05) is 0 Å². The highest BCUT2D eigenvalue weighted by atomic mass is 13.6. The maximum Gasteiger partial charge on any atom is -0.0115 e. The molecular weight excluding hydrogens is 156 g/mol. The second kappa shape index (κ2) is 10.3. The lowest BCUT2D eigenvalue weighted by atomic mass is 10.4. The lowest BCUT2D eigenvalue weighted by molar-refractivity contribution is 1.74. The molecule has 0 aromatic heterocycles. The van der Waals surface area contributed by atoms with Crippen LogP contribution in [0.25, 0.3) is 0 Å². The van der Waals surface area contributed by atoms with E-state index in [-0.39, 0.29) is 0 Å². The van der Waals surface area contributed by atoms with Gasteiger partial charge >= 0.3 is 0 Å². The first-order chi connectivity index (χ1) is 6.41. The minimum Gasteiger partial charge on any atom is -0.0991 e. The fraction of sp³-hybridized carbons (Fsp3) is 0.0769. The maximum atomic E-state index is 3.56. The summed E-state index contributed by atoms with van der Waals surface area (Å²) in [4.78, 5) is 0. The molecule has 0 aromatic rings. The van der Waals surface area contributed by atoms with Crippen LogP contribution in [0.4, 0.5) is 0 Å². The molecule has 0 aliphatic rings. The van der Waals surface area contributed by atoms with Gasteiger partial charge in [0.1, 0.15) is 0 Å². The molecule has 0 fully saturated rings. The van der Waals surface area contributed by atoms with E-state index in [2.05, 4.69) is 18.0 Å². The van der Waals surface area contributed by atoms with E-state index in [4.69, 9.17) is 0 Å². The molecule has 0 spiro atoms. The van der Waals surface area contributed by atoms with Crippen LogP contribution in [0, 0.1) is 0 Å². The second-order valence-corrected chi connectivity index (χ2v) is 2.15. The molecule has 66 valence electrons. The van der Waals surface area contributed by atoms with E-state index in [9.17, 15) is 0 Å². The molecule has 0 heterocycles. The fourth-order valence-corrected chi connectivity index (χ4v) is 0.551. The zero-order chi connectivity index (χ0) is 9.78. The monoisotopic (exact) mass is 170 g/mol. The highest BCUT2D eigenvalue weighted by Crippen LogP contribution is 1.78. The number of hydrogen-bond donors (Lipinski definition) is 0. The average molecular weight is 170 g/mol. The molecule has 0 N–H and O–H groups in total. The van der Waals surface area contributed by atoms with Crippen molar-refractivity contribution in [1.29, 1.82) is 0 Å². The average Bonchev–Trinajstić information content (AvgIpc) is 2.16. The van der Waals surface area contributed by atoms with Gasteiger partial charge in [0.05, 0.1) is 0 Å². The van der Waals surface area contributed by atoms with Crippen LogP contribution in [-0.4, -0.2) is 0 Å². The maximum absolute atomic E-state index is 3.56. The summed E-state index contributed by atoms with van der Waals surface area (Å²) in [7, 11) is 0. The van der Waals surface area contributed by atoms with Crippen molar-refractivity contribution in [2.75, 3.05) is 0 Å². The molecule has 0 aliphatic heterocycles. The molecule has 0 radical (unpaired) electrons. The van der Waals surface area contributed by atoms with Crippen LogP contribution >= 0.6 is 0 Å². The zero-order valence-electron chi connectivity index (χ0n) is 7.90. The van der Waals surface area contributed by atoms with E-state index in [1.54, 1.807) is 12.2 Å². The third kappa shape index (κ3) is 10.3. The Labute approximate surface area is 80.3 Å². The number of rotatable bonds is 4. The SMILES string of the molecule is C=C/C=C/C=CC=C=C=C/C=C\C. The van der Waals surface area contributed by atoms with Gasteiger partial charge in [-0.3, -0.25) is 0 Å². The Morgan fingerprint density at radius 2 is 1.46 bits per heavy atom. The number of hydrogen-bond acceptors (Lipinski definition) is 0. The molecule has 0 aliphatic carbocycles. The molecular formula is C13H14. The van der Waals surface area contributed by atoms with Crippen molar-refractivity contribution in [3.05, 3.63) is 72.7 Å². The summed E-state index contributed by atoms with van der Waals surface area (Å²) in [6.45, 7) is 5.52. The van der Waals surface area contributed by atoms with Crippen LogP contribution in [0.3, 0.4) is 0 Å². The van der Waals surface area contributed by atoms with Crippen molar-refractivity contribution in [2.24, 2.45) is 0 Å². The Bertz CT molecular complexity index is 299. The molecule has 0 heteroatoms. The van der Waals surface area contributed by atoms with E-state index < -0.39 is 0 Å². The topological polar surface area (TPSA) is 0 Å². The van der Waals surface area contributed by atoms with Crippen LogP contribution in [0.15, 0.2) is 72.7 Å². The Balaban J connectivity index is 3.99. The molecule has 0 atom stereocenters. The van der Waals surface area contributed by atoms with Crippen LogP contribution in [0.2, 0.25) is 0 Å². The van der Waals surface area contributed by atoms with E-state index >= 15 is 0 Å². The molecule has 0 aromatic carbocycles. The second-order valence-electron chi connectivity index (χ2n) is 2.15. The minimum absolute atomic E-state index is 1.73. The van der Waals surface area contributed by atoms with Gasteiger partial charge < -0.3 is 0 Å². The van der Waals surface area contributed by atoms with Crippen molar-refractivity contribution < 1.29 is 0 Å². The Morgan fingerprint density at radius 3 is 2.08 bits per heavy atom. The lowest BCUT2D eigenvalue weighted by Gasteiger charge is -1.68. The molecule has 0 unspecified atom stereocenters. The highest BCUT2D eigenvalue weighted by molar-refractivity contribution is 5.14. The van der Waals surface area contributed by atoms with Crippen molar-refractivity contribution in [3.63, 3.8) is 0 Å². The Hall–Kier alpha value is -1.74. The largest absolute Gasteiger partial charge is 0.0991 e. The summed E-state index contributed by atoms with van der Waals surface area (Å²) < 4.78 is 0. The van der Waals surface area contributed by atoms with Crippen LogP contribution in [0.5, 0.6) is 0 Å². The first kappa shape index (κ1) is 11.3. The Kier molecular flexibility index (Phi) is 8.89. The standard InChI is InChI=1S/C13H14/c1-3-5-7-9-11-13-12-10-8-6-4-2/h3-9,11,13H,1H2,2H3/b6-4-,7-5+,11-9?,13-8?. The van der Waals surface area contributed by atoms with Gasteiger partial charge in [0.2, 0.25) is 0 Å². The van der Waals surface area contributed by atoms with E-state index in [0.717, 1.165) is 0 Å². The molecule has 0 saturated heterocycles. The van der Waals surface area contributed by atoms with Gasteiger partial charge in [-0.25, -0.2) is 0 Å². The van der Waals surface area contributed by atoms with E-state index in [1.807, 2.05) is 49.5 Å². The molecule has 0 nitrogen and oxygen atoms in total. The molecule has 0 bridgehead atoms. The zero-order valence-corrected chi connectivity index (χ0v) is 7.90. The predicted octanol–water partition coefficient (Wildman–Crippen LogP) is 3.73. The van der Waals surface area contributed by atoms with E-state index in [0.29, 0.717) is 0 Å². The Morgan fingerprint density at radius 1 is 0.846 bits per heavy atom. The first-order valence-electron chi connectivity index (χ1n) is 4.15. The summed E-state index contributed by atoms with van der Waals surface area (Å²) in [6.07, 6.45) is 16.7. The van der Waals surface area contributed by atoms with Crippen molar-refractivity contribution in [2.45, 2.75) is 6.92 Å². The predicted molar refractivity (Wildman–Crippen MR) is 59.5 cm³/mol. The van der Waals surface area contributed by atoms with E-state index in [1.165, 1.54) is 0 Å². The van der Waals surface area contributed by atoms with Gasteiger partial charge in [-0.1, -0.05) is 60.6 Å². The van der Waals surface area contributed by atoms with Crippen molar-refractivity contribution in [3.8, 4) is 0 Å². The molecule has 13 heavy (non-hydrogen) atoms. The van der Waals surface area contributed by atoms with Gasteiger partial charge in [0.25, 0.3) is 0 Å². The third-order valence-corrected chi connectivity index (χ3v) is 1.10. The normalized spacial score (nSPS) is 10.2. The fourth-order valence-electron chi connectivity index (χ4n) is 0.551. The summed E-state index contributed by atoms with van der Waals surface area (Å²) in [6, 6.07) is 0. The lowest BCUT2D eigenvalue weighted by Crippen LogP contribution is -1.46. The summed E-state index contributed by atoms with van der Waals surface area (Å²) in [5.74, 6) is 0. The number of allylic oxidation sites excluding steroid dienone is 9. The summed E-state index contributed by atoms with van der Waals surface area (Å²) >= 11 is 0. The van der Waals surface area contributed by atoms with Gasteiger partial charge in [-0.15, -0.1) is 0 Å². The summed E-state index contributed by atoms with van der Waals surface area (Å²) in [5.41, 5.74) is 5.73. The van der Waals surface area contributed by atoms with Crippen molar-refractivity contribution in [1.82, 2.24) is 0 Å². The molecule has 0 rings (SSSR count). The quantitative estimate of drug-likeness (QED) is 0.445. The van der Waals surface area contributed by atoms with Gasteiger partial charge in [-0.2, -0.15) is 0 Å². The first-order valence-corrected chi connectivity index (χ1v) is 4.15. The minimum atomic E-state index is 1.73. The van der Waals surface area contributed by atoms with Gasteiger partial charge in [-0.05, 0) is 19.1 Å². The highest BCUT2D eigenvalue weighted by Gasteiger charge is 1.57. The van der Waals surface area contributed by atoms with Gasteiger partial charge in [0.15, 0.2) is 0 Å². The molecule has 0 saturated carbocycles. The van der Waals surface area contributed by atoms with Crippen LogP contribution in [-0.2, 0) is 0 Å². The third-order valence-electron chi connectivity index (χ3n) is 1.10. The smallest absolute Gasteiger partial charge is 0.0115 e. The van der Waals surface area contributed by atoms with Crippen LogP contribution in [0.1, 0.15) is 6.92 Å². The van der Waals surface area contributed by atoms with Crippen molar-refractivity contribution >= 4 is 0 Å². The summed E-state index contributed by atoms with van der Waals surface area (Å²) in [5, 5.41) is 0. The van der Waals surface area contributed by atoms with Crippen LogP contribution < -0.4 is 0 Å².